The summed E-state index contributed by atoms with van der Waals surface area (Å²) in [6.45, 7) is 1.37. The lowest BCUT2D eigenvalue weighted by Crippen LogP contribution is -2.15. The second kappa shape index (κ2) is 2.98. The number of hydrogen-bond donors (Lipinski definition) is 0. The minimum absolute atomic E-state index is 0.245. The summed E-state index contributed by atoms with van der Waals surface area (Å²) in [7, 11) is 0. The summed E-state index contributed by atoms with van der Waals surface area (Å²) in [5.41, 5.74) is 0. The second-order valence-electron chi connectivity index (χ2n) is 1.56. The number of rotatable bonds is 1. The molecule has 0 N–H and O–H groups in total. The van der Waals surface area contributed by atoms with Crippen molar-refractivity contribution in [3.05, 3.63) is 11.6 Å². The minimum atomic E-state index is -0.245. The summed E-state index contributed by atoms with van der Waals surface area (Å²) in [5.74, 6) is -0.245. The smallest absolute Gasteiger partial charge is 0.240 e. The van der Waals surface area contributed by atoms with E-state index in [-0.39, 0.29) is 5.91 Å². The number of halogens is 1. The fourth-order valence-electron chi connectivity index (χ4n) is 0.412. The van der Waals surface area contributed by atoms with Gasteiger partial charge in [0.15, 0.2) is 0 Å². The fraction of sp³-hybridized carbons (Fsp3) is 0.200. The third-order valence-corrected chi connectivity index (χ3v) is 2.03. The number of anilines is 1. The molecule has 1 radical (unpaired) electrons. The zero-order valence-electron chi connectivity index (χ0n) is 5.17. The number of carbonyl (C=O) groups excluding carboxylic acids is 1. The van der Waals surface area contributed by atoms with E-state index in [1.54, 1.807) is 5.38 Å². The van der Waals surface area contributed by atoms with Crippen LogP contribution < -0.4 is 4.42 Å². The molecule has 1 rings (SSSR count). The number of hydrogen-bond acceptors (Lipinski definition) is 3. The molecule has 3 nitrogen and oxygen atoms in total. The van der Waals surface area contributed by atoms with E-state index in [0.29, 0.717) is 5.13 Å². The summed E-state index contributed by atoms with van der Waals surface area (Å²) < 4.78 is 0.959. The van der Waals surface area contributed by atoms with Crippen molar-refractivity contribution in [1.29, 1.82) is 0 Å². The van der Waals surface area contributed by atoms with Gasteiger partial charge in [-0.25, -0.2) is 4.98 Å². The van der Waals surface area contributed by atoms with Crippen molar-refractivity contribution in [2.75, 3.05) is 4.42 Å². The molecule has 0 aromatic carbocycles. The SMILES string of the molecule is CC(=O)N(Cl)c1n[c]cs1. The molecule has 0 atom stereocenters. The summed E-state index contributed by atoms with van der Waals surface area (Å²) in [6.07, 6.45) is 2.56. The summed E-state index contributed by atoms with van der Waals surface area (Å²) in [4.78, 5) is 14.3. The zero-order valence-corrected chi connectivity index (χ0v) is 6.74. The van der Waals surface area contributed by atoms with Crippen LogP contribution in [0.5, 0.6) is 0 Å². The molecule has 0 saturated carbocycles. The highest BCUT2D eigenvalue weighted by molar-refractivity contribution is 7.14. The van der Waals surface area contributed by atoms with Crippen LogP contribution in [0.2, 0.25) is 0 Å². The molecule has 0 aliphatic carbocycles. The van der Waals surface area contributed by atoms with Crippen LogP contribution in [0.25, 0.3) is 0 Å². The van der Waals surface area contributed by atoms with E-state index in [1.807, 2.05) is 0 Å². The molecule has 0 unspecified atom stereocenters. The van der Waals surface area contributed by atoms with Crippen molar-refractivity contribution < 1.29 is 4.79 Å². The number of thiazole rings is 1. The standard InChI is InChI=1S/C5H4ClN2OS/c1-4(9)8(6)5-7-2-3-10-5/h3H,1H3. The predicted octanol–water partition coefficient (Wildman–Crippen LogP) is 1.45. The van der Waals surface area contributed by atoms with E-state index in [2.05, 4.69) is 11.2 Å². The first-order valence-corrected chi connectivity index (χ1v) is 3.71. The second-order valence-corrected chi connectivity index (χ2v) is 2.73. The average molecular weight is 176 g/mol. The van der Waals surface area contributed by atoms with Crippen molar-refractivity contribution in [2.45, 2.75) is 6.92 Å². The van der Waals surface area contributed by atoms with Gasteiger partial charge in [-0.1, -0.05) is 0 Å². The Bertz CT molecular complexity index is 224. The van der Waals surface area contributed by atoms with E-state index in [0.717, 1.165) is 4.42 Å². The van der Waals surface area contributed by atoms with Crippen LogP contribution in [0.3, 0.4) is 0 Å². The Morgan fingerprint density at radius 1 is 2.00 bits per heavy atom. The molecule has 1 amide bonds. The maximum Gasteiger partial charge on any atom is 0.240 e. The van der Waals surface area contributed by atoms with Crippen molar-refractivity contribution >= 4 is 34.2 Å². The Morgan fingerprint density at radius 2 is 2.70 bits per heavy atom. The van der Waals surface area contributed by atoms with Gasteiger partial charge in [-0.15, -0.1) is 11.3 Å². The normalized spacial score (nSPS) is 9.40. The number of amides is 1. The van der Waals surface area contributed by atoms with Crippen molar-refractivity contribution in [3.8, 4) is 0 Å². The lowest BCUT2D eigenvalue weighted by Gasteiger charge is -2.04. The van der Waals surface area contributed by atoms with Crippen molar-refractivity contribution in [1.82, 2.24) is 4.98 Å². The van der Waals surface area contributed by atoms with Crippen LogP contribution in [0.4, 0.5) is 5.13 Å². The van der Waals surface area contributed by atoms with E-state index < -0.39 is 0 Å². The molecule has 1 aromatic heterocycles. The van der Waals surface area contributed by atoms with Crippen molar-refractivity contribution in [2.24, 2.45) is 0 Å². The molecular formula is C5H4ClN2OS. The predicted molar refractivity (Wildman–Crippen MR) is 40.0 cm³/mol. The molecule has 0 aliphatic heterocycles. The van der Waals surface area contributed by atoms with E-state index in [9.17, 15) is 4.79 Å². The van der Waals surface area contributed by atoms with Crippen LogP contribution >= 0.6 is 23.1 Å². The maximum atomic E-state index is 10.6. The Balaban J connectivity index is 2.77. The van der Waals surface area contributed by atoms with E-state index in [4.69, 9.17) is 11.8 Å². The van der Waals surface area contributed by atoms with Crippen molar-refractivity contribution in [3.63, 3.8) is 0 Å². The van der Waals surface area contributed by atoms with Gasteiger partial charge < -0.3 is 0 Å². The highest BCUT2D eigenvalue weighted by Gasteiger charge is 2.09. The van der Waals surface area contributed by atoms with Crippen LogP contribution in [0, 0.1) is 6.20 Å². The van der Waals surface area contributed by atoms with Gasteiger partial charge in [0.2, 0.25) is 11.0 Å². The fourth-order valence-corrected chi connectivity index (χ4v) is 1.11. The Kier molecular flexibility index (Phi) is 2.24. The topological polar surface area (TPSA) is 33.2 Å². The summed E-state index contributed by atoms with van der Waals surface area (Å²) >= 11 is 6.76. The molecule has 0 spiro atoms. The molecule has 0 aliphatic rings. The molecule has 0 saturated heterocycles. The molecular weight excluding hydrogens is 172 g/mol. The highest BCUT2D eigenvalue weighted by Crippen LogP contribution is 2.18. The van der Waals surface area contributed by atoms with Crippen LogP contribution in [-0.4, -0.2) is 10.9 Å². The van der Waals surface area contributed by atoms with Crippen LogP contribution in [0.15, 0.2) is 5.38 Å². The Labute approximate surface area is 67.4 Å². The first kappa shape index (κ1) is 7.50. The molecule has 0 fully saturated rings. The molecule has 1 aromatic rings. The van der Waals surface area contributed by atoms with Gasteiger partial charge in [0, 0.05) is 24.1 Å². The quantitative estimate of drug-likeness (QED) is 0.606. The lowest BCUT2D eigenvalue weighted by molar-refractivity contribution is -0.115. The number of nitrogens with zero attached hydrogens (tertiary/aromatic N) is 2. The lowest BCUT2D eigenvalue weighted by atomic mass is 10.7. The van der Waals surface area contributed by atoms with E-state index >= 15 is 0 Å². The first-order valence-electron chi connectivity index (χ1n) is 2.50. The van der Waals surface area contributed by atoms with Gasteiger partial charge >= 0.3 is 0 Å². The van der Waals surface area contributed by atoms with Gasteiger partial charge in [0.05, 0.1) is 0 Å². The molecule has 5 heteroatoms. The van der Waals surface area contributed by atoms with E-state index in [1.165, 1.54) is 18.3 Å². The molecule has 1 heterocycles. The highest BCUT2D eigenvalue weighted by atomic mass is 35.5. The maximum absolute atomic E-state index is 10.6. The molecule has 10 heavy (non-hydrogen) atoms. The molecule has 0 bridgehead atoms. The Hall–Kier alpha value is -0.610. The van der Waals surface area contributed by atoms with Crippen LogP contribution in [-0.2, 0) is 4.79 Å². The number of aromatic nitrogens is 1. The monoisotopic (exact) mass is 175 g/mol. The largest absolute Gasteiger partial charge is 0.273 e. The first-order chi connectivity index (χ1) is 4.72. The Morgan fingerprint density at radius 3 is 3.10 bits per heavy atom. The number of carbonyl (C=O) groups is 1. The van der Waals surface area contributed by atoms with Gasteiger partial charge in [-0.3, -0.25) is 4.79 Å². The van der Waals surface area contributed by atoms with Crippen LogP contribution in [0.1, 0.15) is 6.92 Å². The third kappa shape index (κ3) is 1.46. The van der Waals surface area contributed by atoms with Gasteiger partial charge in [0.25, 0.3) is 0 Å². The minimum Gasteiger partial charge on any atom is -0.273 e. The molecule has 53 valence electrons. The van der Waals surface area contributed by atoms with Gasteiger partial charge in [-0.2, -0.15) is 4.42 Å². The zero-order chi connectivity index (χ0) is 7.56. The average Bonchev–Trinajstić information content (AvgIpc) is 2.36. The third-order valence-electron chi connectivity index (χ3n) is 0.822. The summed E-state index contributed by atoms with van der Waals surface area (Å²) in [6, 6.07) is 0. The summed E-state index contributed by atoms with van der Waals surface area (Å²) in [5, 5.41) is 2.09. The van der Waals surface area contributed by atoms with Gasteiger partial charge in [0.1, 0.15) is 6.20 Å². The van der Waals surface area contributed by atoms with Gasteiger partial charge in [-0.05, 0) is 0 Å².